The second kappa shape index (κ2) is 25.3. The van der Waals surface area contributed by atoms with E-state index >= 15 is 0 Å². The van der Waals surface area contributed by atoms with Crippen LogP contribution in [0.5, 0.6) is 0 Å². The van der Waals surface area contributed by atoms with Crippen LogP contribution in [0.4, 0.5) is 11.4 Å². The molecule has 0 aromatic heterocycles. The molecule has 0 atom stereocenters. The van der Waals surface area contributed by atoms with E-state index in [9.17, 15) is 48.5 Å². The van der Waals surface area contributed by atoms with Gasteiger partial charge in [-0.3, -0.25) is 23.2 Å². The molecule has 2 aliphatic rings. The molecule has 0 radical (unpaired) electrons. The Morgan fingerprint density at radius 3 is 2.01 bits per heavy atom. The normalized spacial score (nSPS) is 16.0. The van der Waals surface area contributed by atoms with Gasteiger partial charge in [0.1, 0.15) is 17.2 Å². The van der Waals surface area contributed by atoms with E-state index < -0.39 is 52.7 Å². The number of nitrogens with zero attached hydrogens (tertiary/aromatic N) is 2. The average Bonchev–Trinajstić information content (AvgIpc) is 3.98. The number of nitrogens with one attached hydrogen (secondary N) is 1. The number of hydrogen-bond acceptors (Lipinski definition) is 9. The molecule has 0 bridgehead atoms. The first-order valence-corrected chi connectivity index (χ1v) is 32.2. The van der Waals surface area contributed by atoms with Gasteiger partial charge in [-0.25, -0.2) is 0 Å². The van der Waals surface area contributed by atoms with Gasteiger partial charge in [0.05, 0.1) is 16.9 Å². The van der Waals surface area contributed by atoms with Crippen LogP contribution < -0.4 is 10.2 Å². The van der Waals surface area contributed by atoms with Crippen molar-refractivity contribution in [3.05, 3.63) is 143 Å². The van der Waals surface area contributed by atoms with Gasteiger partial charge in [0.25, 0.3) is 30.4 Å². The van der Waals surface area contributed by atoms with E-state index in [1.807, 2.05) is 68.7 Å². The van der Waals surface area contributed by atoms with Gasteiger partial charge in [-0.1, -0.05) is 114 Å². The van der Waals surface area contributed by atoms with E-state index in [1.165, 1.54) is 6.07 Å². The molecule has 0 fully saturated rings. The summed E-state index contributed by atoms with van der Waals surface area (Å²) in [6.45, 7) is 15.4. The first kappa shape index (κ1) is 60.8. The van der Waals surface area contributed by atoms with Crippen molar-refractivity contribution >= 4 is 86.2 Å². The molecule has 1 amide bonds. The number of rotatable bonds is 27. The number of amides is 1. The number of fused-ring (bicyclic) bond motifs is 6. The monoisotopic (exact) mass is 1140 g/mol. The zero-order valence-corrected chi connectivity index (χ0v) is 49.2. The number of ketones is 1. The molecule has 0 spiro atoms. The minimum atomic E-state index is -4.60. The van der Waals surface area contributed by atoms with Gasteiger partial charge in [-0.05, 0) is 134 Å². The molecule has 0 saturated carbocycles. The molecular weight excluding hydrogens is 1060 g/mol. The maximum absolute atomic E-state index is 12.9. The lowest BCUT2D eigenvalue weighted by molar-refractivity contribution is -0.437. The fourth-order valence-corrected chi connectivity index (χ4v) is 13.2. The van der Waals surface area contributed by atoms with Crippen molar-refractivity contribution in [3.8, 4) is 0 Å². The first-order chi connectivity index (χ1) is 37.2. The summed E-state index contributed by atoms with van der Waals surface area (Å²) in [5.74, 6) is -0.570. The summed E-state index contributed by atoms with van der Waals surface area (Å²) >= 11 is 0. The third kappa shape index (κ3) is 15.0. The molecule has 2 heterocycles. The number of unbranched alkanes of at least 4 members (excludes halogenated alkanes) is 5. The highest BCUT2D eigenvalue weighted by atomic mass is 32.2. The number of carbonyl (C=O) groups is 2. The van der Waals surface area contributed by atoms with E-state index in [2.05, 4.69) is 79.5 Å². The van der Waals surface area contributed by atoms with Crippen molar-refractivity contribution in [2.75, 3.05) is 36.0 Å². The van der Waals surface area contributed by atoms with Crippen LogP contribution in [0, 0.1) is 12.8 Å². The van der Waals surface area contributed by atoms with Gasteiger partial charge in [0, 0.05) is 78.2 Å². The number of hydrogen-bond donors (Lipinski definition) is 4. The summed E-state index contributed by atoms with van der Waals surface area (Å²) in [5, 5.41) is 6.10. The van der Waals surface area contributed by atoms with Crippen LogP contribution >= 0.6 is 0 Å². The molecule has 14 nitrogen and oxygen atoms in total. The summed E-state index contributed by atoms with van der Waals surface area (Å²) in [6, 6.07) is 26.9. The molecular formula is C62H78N3O11S3+. The quantitative estimate of drug-likeness (QED) is 0.0167. The summed E-state index contributed by atoms with van der Waals surface area (Å²) < 4.78 is 105. The Balaban J connectivity index is 1.24. The predicted molar refractivity (Wildman–Crippen MR) is 317 cm³/mol. The fraction of sp³-hybridized carbons (Fsp3) is 0.435. The van der Waals surface area contributed by atoms with Crippen LogP contribution in [-0.2, 0) is 57.2 Å². The molecule has 5 aromatic carbocycles. The number of Topliss-reactive ketones (excluding diaryl/α,β-unsaturated/α-hetero) is 1. The molecule has 79 heavy (non-hydrogen) atoms. The van der Waals surface area contributed by atoms with Crippen LogP contribution in [-0.4, -0.2) is 92.0 Å². The smallest absolute Gasteiger partial charge is 0.295 e. The van der Waals surface area contributed by atoms with E-state index in [1.54, 1.807) is 18.2 Å². The molecule has 424 valence electrons. The molecule has 0 saturated heterocycles. The van der Waals surface area contributed by atoms with Crippen LogP contribution in [0.15, 0.2) is 120 Å². The van der Waals surface area contributed by atoms with Crippen molar-refractivity contribution in [2.45, 2.75) is 141 Å². The molecule has 2 aliphatic heterocycles. The minimum absolute atomic E-state index is 0.0217. The van der Waals surface area contributed by atoms with Crippen LogP contribution in [0.3, 0.4) is 0 Å². The van der Waals surface area contributed by atoms with Crippen LogP contribution in [0.25, 0.3) is 27.1 Å². The van der Waals surface area contributed by atoms with Crippen molar-refractivity contribution < 1.29 is 53.1 Å². The lowest BCUT2D eigenvalue weighted by Gasteiger charge is -2.27. The lowest BCUT2D eigenvalue weighted by Crippen LogP contribution is -2.28. The molecule has 7 rings (SSSR count). The standard InChI is InChI=1S/C62H77N3O11S3/c1-43(2)60(67)63-37-14-10-8-9-11-24-48(66)25-13-12-21-45-22-16-23-47(42-45)46(29-35-56-61(4,5)58-51-26-15-20-44(3)49(51)31-33-53(58)64(56)38-18-40-77(68,69)70)30-36-57-62(6,7)59-52-27-17-28-55(79(74,75)76)50(52)32-34-54(59)65(57)39-19-41-78(71,72)73/h15-17,20,22-23,26-36,42-43H,8-14,18-19,21,24-25,37-41H2,1-7H3,(H3-,63,67,68,69,70,71,72,73,74,75,76)/p+1. The van der Waals surface area contributed by atoms with Gasteiger partial charge in [-0.2, -0.15) is 29.8 Å². The van der Waals surface area contributed by atoms with Crippen molar-refractivity contribution in [1.82, 2.24) is 5.32 Å². The third-order valence-electron chi connectivity index (χ3n) is 15.5. The lowest BCUT2D eigenvalue weighted by atomic mass is 9.79. The summed E-state index contributed by atoms with van der Waals surface area (Å²) in [5.41, 5.74) is 7.77. The second-order valence-corrected chi connectivity index (χ2v) is 27.1. The summed E-state index contributed by atoms with van der Waals surface area (Å²) in [7, 11) is -13.1. The fourth-order valence-electron chi connectivity index (χ4n) is 11.5. The van der Waals surface area contributed by atoms with Gasteiger partial charge in [0.2, 0.25) is 11.6 Å². The predicted octanol–water partition coefficient (Wildman–Crippen LogP) is 12.2. The maximum Gasteiger partial charge on any atom is 0.295 e. The number of carbonyl (C=O) groups excluding carboxylic acids is 2. The molecule has 0 unspecified atom stereocenters. The Morgan fingerprint density at radius 2 is 1.32 bits per heavy atom. The Morgan fingerprint density at radius 1 is 0.684 bits per heavy atom. The first-order valence-electron chi connectivity index (χ1n) is 27.6. The average molecular weight is 1140 g/mol. The molecule has 4 N–H and O–H groups in total. The van der Waals surface area contributed by atoms with E-state index in [-0.39, 0.29) is 41.9 Å². The number of aryl methyl sites for hydroxylation is 2. The third-order valence-corrected chi connectivity index (χ3v) is 18.0. The Hall–Kier alpha value is -5.82. The Bertz CT molecular complexity index is 3590. The number of benzene rings is 5. The highest BCUT2D eigenvalue weighted by molar-refractivity contribution is 7.86. The maximum atomic E-state index is 12.9. The highest BCUT2D eigenvalue weighted by Gasteiger charge is 2.46. The Labute approximate surface area is 468 Å². The van der Waals surface area contributed by atoms with E-state index in [4.69, 9.17) is 0 Å². The zero-order valence-electron chi connectivity index (χ0n) is 46.7. The van der Waals surface area contributed by atoms with Gasteiger partial charge < -0.3 is 10.2 Å². The minimum Gasteiger partial charge on any atom is -0.356 e. The number of anilines is 1. The number of allylic oxidation sites excluding steroid dienone is 6. The van der Waals surface area contributed by atoms with Crippen LogP contribution in [0.1, 0.15) is 140 Å². The van der Waals surface area contributed by atoms with Crippen molar-refractivity contribution in [1.29, 1.82) is 0 Å². The largest absolute Gasteiger partial charge is 0.356 e. The molecule has 17 heteroatoms. The zero-order chi connectivity index (χ0) is 57.5. The van der Waals surface area contributed by atoms with E-state index in [0.29, 0.717) is 36.7 Å². The molecule has 5 aromatic rings. The summed E-state index contributed by atoms with van der Waals surface area (Å²) in [6.07, 6.45) is 16.6. The second-order valence-electron chi connectivity index (χ2n) is 22.6. The van der Waals surface area contributed by atoms with Crippen LogP contribution in [0.2, 0.25) is 0 Å². The Kier molecular flexibility index (Phi) is 19.5. The molecule has 0 aliphatic carbocycles. The van der Waals surface area contributed by atoms with Gasteiger partial charge in [0.15, 0.2) is 5.71 Å². The topological polar surface area (TPSA) is 216 Å². The van der Waals surface area contributed by atoms with Gasteiger partial charge >= 0.3 is 0 Å². The SMILES string of the molecule is Cc1cccc2c3c(ccc12)N(CCCS(=O)(=O)O)\C(=C/C=C(/C=C/C1=[N+](CCCS(=O)(=O)O)c2ccc4c(S(=O)(=O)O)cccc4c2C1(C)C)c1cccc(CCCCC(=O)CCCCCCCNC(=O)C(C)C)c1)C3(C)C. The van der Waals surface area contributed by atoms with Crippen molar-refractivity contribution in [3.63, 3.8) is 0 Å². The van der Waals surface area contributed by atoms with Crippen molar-refractivity contribution in [2.24, 2.45) is 5.92 Å². The summed E-state index contributed by atoms with van der Waals surface area (Å²) in [4.78, 5) is 26.6. The van der Waals surface area contributed by atoms with E-state index in [0.717, 1.165) is 118 Å². The van der Waals surface area contributed by atoms with Gasteiger partial charge in [-0.15, -0.1) is 0 Å². The highest BCUT2D eigenvalue weighted by Crippen LogP contribution is 2.51.